The Kier molecular flexibility index (Phi) is 3.46. The second kappa shape index (κ2) is 5.84. The summed E-state index contributed by atoms with van der Waals surface area (Å²) in [5.74, 6) is 0.766. The van der Waals surface area contributed by atoms with Crippen molar-refractivity contribution in [3.63, 3.8) is 0 Å². The van der Waals surface area contributed by atoms with Crippen molar-refractivity contribution in [3.05, 3.63) is 42.0 Å². The highest BCUT2D eigenvalue weighted by atomic mass is 32.1. The van der Waals surface area contributed by atoms with E-state index in [4.69, 9.17) is 4.42 Å². The molecule has 1 aliphatic heterocycles. The first-order valence-corrected chi connectivity index (χ1v) is 9.41. The van der Waals surface area contributed by atoms with Gasteiger partial charge in [-0.05, 0) is 25.0 Å². The van der Waals surface area contributed by atoms with E-state index in [0.29, 0.717) is 18.3 Å². The van der Waals surface area contributed by atoms with E-state index in [9.17, 15) is 4.79 Å². The molecular weight excluding hydrogens is 350 g/mol. The maximum atomic E-state index is 12.2. The molecule has 1 saturated heterocycles. The van der Waals surface area contributed by atoms with Gasteiger partial charge in [-0.2, -0.15) is 0 Å². The van der Waals surface area contributed by atoms with Gasteiger partial charge in [0.2, 0.25) is 5.91 Å². The van der Waals surface area contributed by atoms with Crippen LogP contribution in [0.3, 0.4) is 0 Å². The van der Waals surface area contributed by atoms with Gasteiger partial charge in [-0.3, -0.25) is 4.79 Å². The Bertz CT molecular complexity index is 948. The Morgan fingerprint density at radius 1 is 1.31 bits per heavy atom. The number of oxazole rings is 1. The Hall–Kier alpha value is -2.87. The Balaban J connectivity index is 1.41. The Morgan fingerprint density at radius 3 is 3.04 bits per heavy atom. The number of nitrogens with zero attached hydrogens (tertiary/aromatic N) is 3. The molecule has 8 heteroatoms. The van der Waals surface area contributed by atoms with Crippen molar-refractivity contribution in [1.29, 1.82) is 0 Å². The molecule has 1 amide bonds. The number of hydrogen-bond acceptors (Lipinski definition) is 7. The summed E-state index contributed by atoms with van der Waals surface area (Å²) in [4.78, 5) is 22.9. The summed E-state index contributed by atoms with van der Waals surface area (Å²) in [5, 5.41) is 8.98. The maximum absolute atomic E-state index is 12.2. The van der Waals surface area contributed by atoms with Gasteiger partial charge < -0.3 is 20.0 Å². The van der Waals surface area contributed by atoms with Crippen LogP contribution in [0.5, 0.6) is 0 Å². The molecular formula is C18H17N5O2S. The van der Waals surface area contributed by atoms with Crippen molar-refractivity contribution < 1.29 is 9.21 Å². The maximum Gasteiger partial charge on any atom is 0.298 e. The molecule has 3 aromatic rings. The van der Waals surface area contributed by atoms with Crippen LogP contribution in [0.1, 0.15) is 12.8 Å². The summed E-state index contributed by atoms with van der Waals surface area (Å²) >= 11 is 1.55. The van der Waals surface area contributed by atoms with Gasteiger partial charge in [0.1, 0.15) is 5.54 Å². The van der Waals surface area contributed by atoms with Crippen LogP contribution in [0.2, 0.25) is 0 Å². The van der Waals surface area contributed by atoms with Crippen LogP contribution < -0.4 is 15.5 Å². The van der Waals surface area contributed by atoms with Crippen molar-refractivity contribution >= 4 is 34.1 Å². The summed E-state index contributed by atoms with van der Waals surface area (Å²) in [6.07, 6.45) is 5.19. The average molecular weight is 367 g/mol. The third kappa shape index (κ3) is 2.53. The lowest BCUT2D eigenvalue weighted by Gasteiger charge is -2.34. The number of carbonyl (C=O) groups is 1. The molecule has 3 heterocycles. The molecule has 1 aromatic carbocycles. The number of hydrogen-bond donors (Lipinski definition) is 2. The fraction of sp³-hybridized carbons (Fsp3) is 0.278. The molecule has 2 aromatic heterocycles. The first-order chi connectivity index (χ1) is 12.7. The number of anilines is 3. The zero-order valence-electron chi connectivity index (χ0n) is 13.9. The molecule has 2 fully saturated rings. The van der Waals surface area contributed by atoms with E-state index < -0.39 is 5.54 Å². The molecule has 7 nitrogen and oxygen atoms in total. The highest BCUT2D eigenvalue weighted by Gasteiger charge is 2.57. The van der Waals surface area contributed by atoms with Crippen LogP contribution >= 0.6 is 11.3 Å². The zero-order valence-corrected chi connectivity index (χ0v) is 14.8. The predicted octanol–water partition coefficient (Wildman–Crippen LogP) is 3.01. The lowest BCUT2D eigenvalue weighted by molar-refractivity contribution is -0.124. The number of nitrogens with one attached hydrogen (secondary N) is 2. The first kappa shape index (κ1) is 15.4. The van der Waals surface area contributed by atoms with E-state index in [2.05, 4.69) is 20.6 Å². The summed E-state index contributed by atoms with van der Waals surface area (Å²) < 4.78 is 6.02. The highest BCUT2D eigenvalue weighted by Crippen LogP contribution is 2.45. The number of piperazine rings is 1. The standard InChI is InChI=1S/C18H17N5O2S/c24-15-18(4-5-18)23(8-6-19-15)17-21-11-14(25-17)12-2-1-3-13(10-12)22-16-20-7-9-26-16/h1-3,7,9-11H,4-6,8H2,(H,19,24)(H,20,22). The van der Waals surface area contributed by atoms with Crippen LogP contribution in [0.4, 0.5) is 16.8 Å². The fourth-order valence-corrected chi connectivity index (χ4v) is 3.91. The van der Waals surface area contributed by atoms with Gasteiger partial charge in [0, 0.05) is 35.9 Å². The van der Waals surface area contributed by atoms with Crippen molar-refractivity contribution in [2.75, 3.05) is 23.3 Å². The Labute approximate surface area is 154 Å². The largest absolute Gasteiger partial charge is 0.423 e. The number of thiazole rings is 1. The van der Waals surface area contributed by atoms with Crippen molar-refractivity contribution in [2.45, 2.75) is 18.4 Å². The third-order valence-corrected chi connectivity index (χ3v) is 5.53. The lowest BCUT2D eigenvalue weighted by atomic mass is 10.1. The van der Waals surface area contributed by atoms with Gasteiger partial charge in [-0.25, -0.2) is 9.97 Å². The quantitative estimate of drug-likeness (QED) is 0.738. The van der Waals surface area contributed by atoms with Crippen molar-refractivity contribution in [2.24, 2.45) is 0 Å². The Morgan fingerprint density at radius 2 is 2.23 bits per heavy atom. The van der Waals surface area contributed by atoms with E-state index in [1.54, 1.807) is 23.7 Å². The number of carbonyl (C=O) groups excluding carboxylic acids is 1. The van der Waals surface area contributed by atoms with E-state index in [1.165, 1.54) is 0 Å². The minimum atomic E-state index is -0.450. The normalized spacial score (nSPS) is 18.0. The zero-order chi connectivity index (χ0) is 17.6. The van der Waals surface area contributed by atoms with Crippen LogP contribution in [-0.2, 0) is 4.79 Å². The van der Waals surface area contributed by atoms with Crippen LogP contribution in [0.25, 0.3) is 11.3 Å². The van der Waals surface area contributed by atoms with Gasteiger partial charge in [0.15, 0.2) is 10.9 Å². The first-order valence-electron chi connectivity index (χ1n) is 8.53. The molecule has 0 unspecified atom stereocenters. The van der Waals surface area contributed by atoms with Gasteiger partial charge in [0.25, 0.3) is 6.01 Å². The molecule has 1 spiro atoms. The number of amides is 1. The summed E-state index contributed by atoms with van der Waals surface area (Å²) in [6.45, 7) is 1.34. The fourth-order valence-electron chi connectivity index (χ4n) is 3.36. The molecule has 1 saturated carbocycles. The monoisotopic (exact) mass is 367 g/mol. The molecule has 26 heavy (non-hydrogen) atoms. The lowest BCUT2D eigenvalue weighted by Crippen LogP contribution is -2.57. The van der Waals surface area contributed by atoms with E-state index >= 15 is 0 Å². The smallest absolute Gasteiger partial charge is 0.298 e. The molecule has 5 rings (SSSR count). The van der Waals surface area contributed by atoms with E-state index in [0.717, 1.165) is 35.8 Å². The molecule has 1 aliphatic carbocycles. The van der Waals surface area contributed by atoms with Gasteiger partial charge >= 0.3 is 0 Å². The number of benzene rings is 1. The highest BCUT2D eigenvalue weighted by molar-refractivity contribution is 7.13. The summed E-state index contributed by atoms with van der Waals surface area (Å²) in [5.41, 5.74) is 1.41. The van der Waals surface area contributed by atoms with Crippen LogP contribution in [0, 0.1) is 0 Å². The van der Waals surface area contributed by atoms with Gasteiger partial charge in [-0.1, -0.05) is 12.1 Å². The second-order valence-electron chi connectivity index (χ2n) is 6.49. The topological polar surface area (TPSA) is 83.3 Å². The number of rotatable bonds is 4. The van der Waals surface area contributed by atoms with E-state index in [-0.39, 0.29) is 5.91 Å². The van der Waals surface area contributed by atoms with E-state index in [1.807, 2.05) is 34.5 Å². The van der Waals surface area contributed by atoms with Crippen molar-refractivity contribution in [3.8, 4) is 11.3 Å². The molecule has 2 aliphatic rings. The predicted molar refractivity (Wildman–Crippen MR) is 99.7 cm³/mol. The summed E-state index contributed by atoms with van der Waals surface area (Å²) in [7, 11) is 0. The molecule has 132 valence electrons. The average Bonchev–Trinajstić information content (AvgIpc) is 3.06. The third-order valence-electron chi connectivity index (χ3n) is 4.84. The van der Waals surface area contributed by atoms with Crippen LogP contribution in [0.15, 0.2) is 46.5 Å². The molecule has 2 N–H and O–H groups in total. The molecule has 0 radical (unpaired) electrons. The second-order valence-corrected chi connectivity index (χ2v) is 7.38. The minimum Gasteiger partial charge on any atom is -0.423 e. The van der Waals surface area contributed by atoms with Gasteiger partial charge in [-0.15, -0.1) is 11.3 Å². The molecule has 0 atom stereocenters. The van der Waals surface area contributed by atoms with Crippen LogP contribution in [-0.4, -0.2) is 34.5 Å². The number of aromatic nitrogens is 2. The molecule has 0 bridgehead atoms. The minimum absolute atomic E-state index is 0.0816. The van der Waals surface area contributed by atoms with Gasteiger partial charge in [0.05, 0.1) is 6.20 Å². The summed E-state index contributed by atoms with van der Waals surface area (Å²) in [6, 6.07) is 8.44. The van der Waals surface area contributed by atoms with Crippen molar-refractivity contribution in [1.82, 2.24) is 15.3 Å². The SMILES string of the molecule is O=C1NCCN(c2ncc(-c3cccc(Nc4nccs4)c3)o2)C12CC2.